The van der Waals surface area contributed by atoms with Crippen molar-refractivity contribution in [2.24, 2.45) is 0 Å². The number of H-pyrrole nitrogens is 1. The predicted octanol–water partition coefficient (Wildman–Crippen LogP) is 3.78. The molecular weight excluding hydrogens is 298 g/mol. The number of aromatic amines is 1. The monoisotopic (exact) mass is 306 g/mol. The van der Waals surface area contributed by atoms with Gasteiger partial charge in [-0.05, 0) is 18.2 Å². The van der Waals surface area contributed by atoms with E-state index in [1.165, 1.54) is 29.7 Å². The highest BCUT2D eigenvalue weighted by Gasteiger charge is 2.13. The van der Waals surface area contributed by atoms with Gasteiger partial charge in [0.1, 0.15) is 22.3 Å². The second-order valence-electron chi connectivity index (χ2n) is 4.27. The molecule has 0 saturated heterocycles. The molecule has 1 aromatic carbocycles. The number of aromatic nitrogens is 2. The van der Waals surface area contributed by atoms with Crippen LogP contribution in [-0.2, 0) is 0 Å². The number of carboxylic acids is 1. The summed E-state index contributed by atoms with van der Waals surface area (Å²) in [6.45, 7) is 0. The highest BCUT2D eigenvalue weighted by atomic mass is 32.1. The Morgan fingerprint density at radius 3 is 2.76 bits per heavy atom. The topological polar surface area (TPSA) is 66.0 Å². The molecule has 0 aliphatic carbocycles. The summed E-state index contributed by atoms with van der Waals surface area (Å²) in [7, 11) is 0. The number of hydrogen-bond donors (Lipinski definition) is 2. The third kappa shape index (κ3) is 2.55. The number of halogens is 2. The first-order chi connectivity index (χ1) is 10.0. The molecule has 3 aromatic rings. The van der Waals surface area contributed by atoms with Crippen LogP contribution in [0.3, 0.4) is 0 Å². The van der Waals surface area contributed by atoms with Gasteiger partial charge in [0.15, 0.2) is 0 Å². The molecule has 0 fully saturated rings. The first-order valence-corrected chi connectivity index (χ1v) is 6.75. The van der Waals surface area contributed by atoms with Gasteiger partial charge in [0.25, 0.3) is 0 Å². The lowest BCUT2D eigenvalue weighted by molar-refractivity contribution is 0.0691. The van der Waals surface area contributed by atoms with Crippen molar-refractivity contribution >= 4 is 17.3 Å². The molecule has 3 rings (SSSR count). The molecule has 7 heteroatoms. The molecule has 0 atom stereocenters. The second kappa shape index (κ2) is 5.10. The van der Waals surface area contributed by atoms with Crippen LogP contribution >= 0.6 is 11.3 Å². The molecule has 0 bridgehead atoms. The number of rotatable bonds is 3. The lowest BCUT2D eigenvalue weighted by Gasteiger charge is -1.98. The van der Waals surface area contributed by atoms with Crippen LogP contribution in [0.2, 0.25) is 0 Å². The van der Waals surface area contributed by atoms with E-state index in [4.69, 9.17) is 5.11 Å². The third-order valence-corrected chi connectivity index (χ3v) is 3.75. The van der Waals surface area contributed by atoms with E-state index in [-0.39, 0.29) is 11.3 Å². The number of aromatic carboxylic acids is 1. The highest BCUT2D eigenvalue weighted by Crippen LogP contribution is 2.30. The average Bonchev–Trinajstić information content (AvgIpc) is 3.07. The van der Waals surface area contributed by atoms with Gasteiger partial charge in [0.05, 0.1) is 5.69 Å². The summed E-state index contributed by atoms with van der Waals surface area (Å²) in [5.41, 5.74) is 1.38. The van der Waals surface area contributed by atoms with Crippen LogP contribution in [0.4, 0.5) is 8.78 Å². The maximum Gasteiger partial charge on any atom is 0.352 e. The molecule has 2 aromatic heterocycles. The van der Waals surface area contributed by atoms with Crippen LogP contribution in [0.15, 0.2) is 35.8 Å². The molecule has 0 radical (unpaired) electrons. The van der Waals surface area contributed by atoms with Crippen molar-refractivity contribution in [3.63, 3.8) is 0 Å². The molecular formula is C14H8F2N2O2S. The maximum absolute atomic E-state index is 13.7. The van der Waals surface area contributed by atoms with E-state index >= 15 is 0 Å². The Bertz CT molecular complexity index is 826. The van der Waals surface area contributed by atoms with E-state index in [1.54, 1.807) is 5.38 Å². The second-order valence-corrected chi connectivity index (χ2v) is 5.13. The Hall–Kier alpha value is -2.54. The normalized spacial score (nSPS) is 10.8. The van der Waals surface area contributed by atoms with Crippen molar-refractivity contribution in [1.29, 1.82) is 0 Å². The van der Waals surface area contributed by atoms with Gasteiger partial charge in [0.2, 0.25) is 0 Å². The molecule has 0 spiro atoms. The minimum atomic E-state index is -1.07. The number of carbonyl (C=O) groups is 1. The number of nitrogens with zero attached hydrogens (tertiary/aromatic N) is 1. The summed E-state index contributed by atoms with van der Waals surface area (Å²) in [5.74, 6) is -2.40. The summed E-state index contributed by atoms with van der Waals surface area (Å²) in [4.78, 5) is 17.7. The Morgan fingerprint density at radius 1 is 1.29 bits per heavy atom. The van der Waals surface area contributed by atoms with Gasteiger partial charge in [-0.3, -0.25) is 0 Å². The Balaban J connectivity index is 1.97. The predicted molar refractivity (Wildman–Crippen MR) is 74.2 cm³/mol. The molecule has 2 heterocycles. The fourth-order valence-corrected chi connectivity index (χ4v) is 2.71. The molecule has 2 N–H and O–H groups in total. The third-order valence-electron chi connectivity index (χ3n) is 2.87. The van der Waals surface area contributed by atoms with E-state index in [0.29, 0.717) is 16.3 Å². The first-order valence-electron chi connectivity index (χ1n) is 5.87. The quantitative estimate of drug-likeness (QED) is 0.774. The maximum atomic E-state index is 13.7. The van der Waals surface area contributed by atoms with Crippen LogP contribution in [0.25, 0.3) is 21.8 Å². The van der Waals surface area contributed by atoms with Crippen molar-refractivity contribution in [3.8, 4) is 21.8 Å². The lowest BCUT2D eigenvalue weighted by atomic mass is 10.2. The molecule has 0 aliphatic rings. The largest absolute Gasteiger partial charge is 0.477 e. The zero-order valence-corrected chi connectivity index (χ0v) is 11.2. The van der Waals surface area contributed by atoms with Gasteiger partial charge in [-0.25, -0.2) is 18.6 Å². The van der Waals surface area contributed by atoms with Gasteiger partial charge in [-0.1, -0.05) is 0 Å². The fraction of sp³-hybridized carbons (Fsp3) is 0. The number of nitrogens with one attached hydrogen (secondary N) is 1. The van der Waals surface area contributed by atoms with Gasteiger partial charge in [0, 0.05) is 28.8 Å². The summed E-state index contributed by atoms with van der Waals surface area (Å²) in [6, 6.07) is 4.74. The van der Waals surface area contributed by atoms with E-state index in [0.717, 1.165) is 12.1 Å². The van der Waals surface area contributed by atoms with Crippen molar-refractivity contribution in [1.82, 2.24) is 9.97 Å². The Labute approximate surface area is 121 Å². The van der Waals surface area contributed by atoms with Crippen LogP contribution in [0.1, 0.15) is 10.5 Å². The highest BCUT2D eigenvalue weighted by molar-refractivity contribution is 7.13. The molecule has 0 amide bonds. The van der Waals surface area contributed by atoms with Crippen molar-refractivity contribution in [2.45, 2.75) is 0 Å². The molecule has 0 unspecified atom stereocenters. The number of benzene rings is 1. The number of thiazole rings is 1. The van der Waals surface area contributed by atoms with Gasteiger partial charge in [-0.15, -0.1) is 11.3 Å². The Morgan fingerprint density at radius 2 is 2.10 bits per heavy atom. The van der Waals surface area contributed by atoms with Crippen molar-refractivity contribution in [3.05, 3.63) is 53.2 Å². The summed E-state index contributed by atoms with van der Waals surface area (Å²) in [6.07, 6.45) is 1.52. The van der Waals surface area contributed by atoms with Crippen LogP contribution < -0.4 is 0 Å². The zero-order valence-electron chi connectivity index (χ0n) is 10.4. The van der Waals surface area contributed by atoms with Gasteiger partial charge < -0.3 is 10.1 Å². The van der Waals surface area contributed by atoms with Crippen LogP contribution in [0.5, 0.6) is 0 Å². The van der Waals surface area contributed by atoms with Crippen LogP contribution in [-0.4, -0.2) is 21.0 Å². The standard InChI is InChI=1S/C14H8F2N2O2S/c15-8-1-2-9(10(16)4-8)13-18-12(6-21-13)7-3-11(14(19)20)17-5-7/h1-6,17H,(H,19,20). The fourth-order valence-electron chi connectivity index (χ4n) is 1.86. The molecule has 106 valence electrons. The zero-order chi connectivity index (χ0) is 15.0. The minimum absolute atomic E-state index is 0.0486. The van der Waals surface area contributed by atoms with Gasteiger partial charge >= 0.3 is 5.97 Å². The molecule has 4 nitrogen and oxygen atoms in total. The van der Waals surface area contributed by atoms with Crippen molar-refractivity contribution in [2.75, 3.05) is 0 Å². The van der Waals surface area contributed by atoms with Crippen LogP contribution in [0, 0.1) is 11.6 Å². The van der Waals surface area contributed by atoms with E-state index in [9.17, 15) is 13.6 Å². The summed E-state index contributed by atoms with van der Waals surface area (Å²) < 4.78 is 26.6. The lowest BCUT2D eigenvalue weighted by Crippen LogP contribution is -1.94. The summed E-state index contributed by atoms with van der Waals surface area (Å²) >= 11 is 1.20. The van der Waals surface area contributed by atoms with E-state index in [1.807, 2.05) is 0 Å². The average molecular weight is 306 g/mol. The smallest absolute Gasteiger partial charge is 0.352 e. The van der Waals surface area contributed by atoms with E-state index in [2.05, 4.69) is 9.97 Å². The SMILES string of the molecule is O=C(O)c1cc(-c2csc(-c3ccc(F)cc3F)n2)c[nH]1. The Kier molecular flexibility index (Phi) is 3.26. The first kappa shape index (κ1) is 13.4. The number of carboxylic acid groups (broad SMARTS) is 1. The summed E-state index contributed by atoms with van der Waals surface area (Å²) in [5, 5.41) is 10.9. The van der Waals surface area contributed by atoms with E-state index < -0.39 is 17.6 Å². The molecule has 0 aliphatic heterocycles. The number of hydrogen-bond acceptors (Lipinski definition) is 3. The van der Waals surface area contributed by atoms with Gasteiger partial charge in [-0.2, -0.15) is 0 Å². The molecule has 0 saturated carbocycles. The molecule has 21 heavy (non-hydrogen) atoms. The minimum Gasteiger partial charge on any atom is -0.477 e. The van der Waals surface area contributed by atoms with Crippen molar-refractivity contribution < 1.29 is 18.7 Å².